The summed E-state index contributed by atoms with van der Waals surface area (Å²) in [6.45, 7) is 4.09. The van der Waals surface area contributed by atoms with E-state index in [4.69, 9.17) is 4.74 Å². The highest BCUT2D eigenvalue weighted by molar-refractivity contribution is 7.89. The quantitative estimate of drug-likeness (QED) is 0.723. The van der Waals surface area contributed by atoms with Crippen LogP contribution in [0.15, 0.2) is 24.3 Å². The Morgan fingerprint density at radius 1 is 1.35 bits per heavy atom. The normalized spacial score (nSPS) is 17.3. The van der Waals surface area contributed by atoms with Gasteiger partial charge in [-0.1, -0.05) is 18.2 Å². The lowest BCUT2D eigenvalue weighted by atomic mass is 10.0. The number of rotatable bonds is 6. The fraction of sp³-hybridized carbons (Fsp3) is 0.533. The molecule has 2 amide bonds. The number of urea groups is 1. The van der Waals surface area contributed by atoms with E-state index < -0.39 is 10.0 Å². The van der Waals surface area contributed by atoms with E-state index in [0.29, 0.717) is 13.0 Å². The largest absolute Gasteiger partial charge is 0.493 e. The van der Waals surface area contributed by atoms with E-state index >= 15 is 0 Å². The maximum absolute atomic E-state index is 12.0. The third-order valence-corrected chi connectivity index (χ3v) is 4.91. The molecule has 0 fully saturated rings. The van der Waals surface area contributed by atoms with Gasteiger partial charge in [-0.15, -0.1) is 0 Å². The molecule has 8 heteroatoms. The number of amides is 2. The lowest BCUT2D eigenvalue weighted by Gasteiger charge is -2.26. The summed E-state index contributed by atoms with van der Waals surface area (Å²) in [4.78, 5) is 12.0. The number of carbonyl (C=O) groups excluding carboxylic acids is 1. The van der Waals surface area contributed by atoms with Crippen LogP contribution in [0.3, 0.4) is 0 Å². The van der Waals surface area contributed by atoms with Crippen molar-refractivity contribution in [2.24, 2.45) is 0 Å². The zero-order chi connectivity index (χ0) is 16.9. The highest BCUT2D eigenvalue weighted by Crippen LogP contribution is 2.31. The number of nitrogens with one attached hydrogen (secondary N) is 3. The van der Waals surface area contributed by atoms with Crippen LogP contribution in [-0.2, 0) is 10.0 Å². The number of hydrogen-bond acceptors (Lipinski definition) is 4. The van der Waals surface area contributed by atoms with Crippen LogP contribution in [0.1, 0.15) is 31.9 Å². The Balaban J connectivity index is 1.82. The van der Waals surface area contributed by atoms with Gasteiger partial charge in [-0.05, 0) is 19.9 Å². The second-order valence-corrected chi connectivity index (χ2v) is 7.59. The van der Waals surface area contributed by atoms with Gasteiger partial charge in [-0.3, -0.25) is 0 Å². The number of fused-ring (bicyclic) bond motifs is 1. The first-order valence-electron chi connectivity index (χ1n) is 7.63. The number of ether oxygens (including phenoxy) is 1. The second kappa shape index (κ2) is 7.65. The topological polar surface area (TPSA) is 96.5 Å². The van der Waals surface area contributed by atoms with Crippen molar-refractivity contribution in [1.82, 2.24) is 15.4 Å². The van der Waals surface area contributed by atoms with Gasteiger partial charge in [0.1, 0.15) is 5.75 Å². The van der Waals surface area contributed by atoms with Crippen molar-refractivity contribution < 1.29 is 17.9 Å². The van der Waals surface area contributed by atoms with Gasteiger partial charge in [0.05, 0.1) is 18.4 Å². The summed E-state index contributed by atoms with van der Waals surface area (Å²) in [6.07, 6.45) is 0.678. The van der Waals surface area contributed by atoms with Crippen LogP contribution in [0.4, 0.5) is 4.79 Å². The number of hydrogen-bond donors (Lipinski definition) is 3. The summed E-state index contributed by atoms with van der Waals surface area (Å²) < 4.78 is 31.4. The van der Waals surface area contributed by atoms with E-state index in [1.165, 1.54) is 0 Å². The number of sulfonamides is 1. The minimum Gasteiger partial charge on any atom is -0.493 e. The van der Waals surface area contributed by atoms with Gasteiger partial charge in [0.2, 0.25) is 10.0 Å². The first kappa shape index (κ1) is 17.6. The Labute approximate surface area is 136 Å². The monoisotopic (exact) mass is 341 g/mol. The Hall–Kier alpha value is -1.80. The molecule has 7 nitrogen and oxygen atoms in total. The zero-order valence-corrected chi connectivity index (χ0v) is 14.2. The molecule has 1 aliphatic heterocycles. The molecule has 1 atom stereocenters. The molecule has 0 saturated carbocycles. The van der Waals surface area contributed by atoms with Crippen LogP contribution in [-0.4, -0.2) is 39.4 Å². The predicted molar refractivity (Wildman–Crippen MR) is 87.9 cm³/mol. The summed E-state index contributed by atoms with van der Waals surface area (Å²) in [5.74, 6) is 0.621. The van der Waals surface area contributed by atoms with Gasteiger partial charge in [0, 0.05) is 24.6 Å². The van der Waals surface area contributed by atoms with Crippen molar-refractivity contribution in [2.75, 3.05) is 18.9 Å². The van der Waals surface area contributed by atoms with Gasteiger partial charge >= 0.3 is 6.03 Å². The first-order chi connectivity index (χ1) is 10.9. The third-order valence-electron chi connectivity index (χ3n) is 3.34. The van der Waals surface area contributed by atoms with Gasteiger partial charge < -0.3 is 15.4 Å². The Kier molecular flexibility index (Phi) is 5.84. The van der Waals surface area contributed by atoms with Crippen molar-refractivity contribution >= 4 is 16.1 Å². The Morgan fingerprint density at radius 2 is 2.09 bits per heavy atom. The third kappa shape index (κ3) is 5.40. The fourth-order valence-corrected chi connectivity index (χ4v) is 3.63. The lowest BCUT2D eigenvalue weighted by molar-refractivity contribution is 0.224. The molecular weight excluding hydrogens is 318 g/mol. The van der Waals surface area contributed by atoms with Crippen molar-refractivity contribution in [2.45, 2.75) is 32.4 Å². The molecule has 0 bridgehead atoms. The van der Waals surface area contributed by atoms with E-state index in [-0.39, 0.29) is 30.4 Å². The molecule has 1 aromatic carbocycles. The maximum Gasteiger partial charge on any atom is 0.315 e. The average Bonchev–Trinajstić information content (AvgIpc) is 2.46. The van der Waals surface area contributed by atoms with Crippen LogP contribution in [0.2, 0.25) is 0 Å². The number of carbonyl (C=O) groups is 1. The van der Waals surface area contributed by atoms with Crippen LogP contribution >= 0.6 is 0 Å². The Morgan fingerprint density at radius 3 is 2.83 bits per heavy atom. The molecule has 2 rings (SSSR count). The summed E-state index contributed by atoms with van der Waals surface area (Å²) >= 11 is 0. The lowest BCUT2D eigenvalue weighted by Crippen LogP contribution is -2.43. The summed E-state index contributed by atoms with van der Waals surface area (Å²) in [7, 11) is -3.37. The molecule has 128 valence electrons. The van der Waals surface area contributed by atoms with Gasteiger partial charge in [-0.2, -0.15) is 0 Å². The highest BCUT2D eigenvalue weighted by atomic mass is 32.2. The maximum atomic E-state index is 12.0. The molecule has 3 N–H and O–H groups in total. The van der Waals surface area contributed by atoms with E-state index in [9.17, 15) is 13.2 Å². The molecule has 0 saturated heterocycles. The molecule has 0 radical (unpaired) electrons. The first-order valence-corrected chi connectivity index (χ1v) is 9.29. The van der Waals surface area contributed by atoms with Crippen molar-refractivity contribution in [3.05, 3.63) is 29.8 Å². The predicted octanol–water partition coefficient (Wildman–Crippen LogP) is 1.14. The highest BCUT2D eigenvalue weighted by Gasteiger charge is 2.22. The molecule has 1 aliphatic rings. The zero-order valence-electron chi connectivity index (χ0n) is 13.3. The molecule has 1 heterocycles. The molecule has 0 aromatic heterocycles. The van der Waals surface area contributed by atoms with Gasteiger partial charge in [-0.25, -0.2) is 17.9 Å². The van der Waals surface area contributed by atoms with E-state index in [0.717, 1.165) is 11.3 Å². The average molecular weight is 341 g/mol. The second-order valence-electron chi connectivity index (χ2n) is 5.72. The van der Waals surface area contributed by atoms with E-state index in [1.54, 1.807) is 13.8 Å². The summed E-state index contributed by atoms with van der Waals surface area (Å²) in [5.41, 5.74) is 0.933. The standard InChI is InChI=1S/C15H23N3O4S/c1-11(2)18-23(20,21)10-8-16-15(19)17-13-7-9-22-14-6-4-3-5-12(13)14/h3-6,11,13,18H,7-10H2,1-2H3,(H2,16,17,19). The smallest absolute Gasteiger partial charge is 0.315 e. The molecule has 23 heavy (non-hydrogen) atoms. The van der Waals surface area contributed by atoms with Crippen LogP contribution < -0.4 is 20.1 Å². The molecule has 1 aromatic rings. The SMILES string of the molecule is CC(C)NS(=O)(=O)CCNC(=O)NC1CCOc2ccccc21. The minimum absolute atomic E-state index is 0.0543. The van der Waals surface area contributed by atoms with E-state index in [2.05, 4.69) is 15.4 Å². The summed E-state index contributed by atoms with van der Waals surface area (Å²) in [6, 6.07) is 6.88. The fourth-order valence-electron chi connectivity index (χ4n) is 2.42. The summed E-state index contributed by atoms with van der Waals surface area (Å²) in [5, 5.41) is 5.44. The molecule has 1 unspecified atom stereocenters. The Bertz CT molecular complexity index is 646. The molecular formula is C15H23N3O4S. The van der Waals surface area contributed by atoms with Gasteiger partial charge in [0.25, 0.3) is 0 Å². The number of para-hydroxylation sites is 1. The molecule has 0 aliphatic carbocycles. The molecule has 0 spiro atoms. The van der Waals surface area contributed by atoms with Crippen LogP contribution in [0.5, 0.6) is 5.75 Å². The van der Waals surface area contributed by atoms with Crippen LogP contribution in [0, 0.1) is 0 Å². The minimum atomic E-state index is -3.37. The van der Waals surface area contributed by atoms with E-state index in [1.807, 2.05) is 24.3 Å². The van der Waals surface area contributed by atoms with Crippen molar-refractivity contribution in [3.8, 4) is 5.75 Å². The van der Waals surface area contributed by atoms with Crippen LogP contribution in [0.25, 0.3) is 0 Å². The van der Waals surface area contributed by atoms with Crippen molar-refractivity contribution in [1.29, 1.82) is 0 Å². The van der Waals surface area contributed by atoms with Gasteiger partial charge in [0.15, 0.2) is 0 Å². The van der Waals surface area contributed by atoms with Crippen molar-refractivity contribution in [3.63, 3.8) is 0 Å². The number of benzene rings is 1.